The molecule has 7 nitrogen and oxygen atoms in total. The number of aliphatic hydroxyl groups is 2. The Balaban J connectivity index is 1.19. The summed E-state index contributed by atoms with van der Waals surface area (Å²) in [4.78, 5) is 24.7. The van der Waals surface area contributed by atoms with Gasteiger partial charge in [-0.25, -0.2) is 4.79 Å². The number of aliphatic hydroxyl groups excluding tert-OH is 2. The predicted octanol–water partition coefficient (Wildman–Crippen LogP) is 4.91. The lowest BCUT2D eigenvalue weighted by Gasteiger charge is -2.62. The first-order chi connectivity index (χ1) is 18.9. The second kappa shape index (κ2) is 11.3. The number of amides is 1. The summed E-state index contributed by atoms with van der Waals surface area (Å²) in [6, 6.07) is 5.38. The average Bonchev–Trinajstić information content (AvgIpc) is 3.26. The fourth-order valence-electron chi connectivity index (χ4n) is 10.1. The molecule has 7 heteroatoms. The highest BCUT2D eigenvalue weighted by Crippen LogP contribution is 2.68. The molecule has 4 saturated carbocycles. The fraction of sp³-hybridized carbons (Fsp3) is 0.758. The molecular formula is C33H49NO6. The zero-order chi connectivity index (χ0) is 28.8. The molecule has 1 amide bonds. The number of carbonyl (C=O) groups is 2. The Morgan fingerprint density at radius 3 is 2.35 bits per heavy atom. The highest BCUT2D eigenvalue weighted by molar-refractivity contribution is 5.83. The molecule has 1 aromatic rings. The van der Waals surface area contributed by atoms with Gasteiger partial charge in [0.05, 0.1) is 12.2 Å². The van der Waals surface area contributed by atoms with E-state index in [-0.39, 0.29) is 41.1 Å². The summed E-state index contributed by atoms with van der Waals surface area (Å²) >= 11 is 0. The minimum Gasteiger partial charge on any atom is -0.508 e. The number of aromatic hydroxyl groups is 1. The lowest BCUT2D eigenvalue weighted by molar-refractivity contribution is -0.174. The number of nitrogens with one attached hydrogen (secondary N) is 1. The van der Waals surface area contributed by atoms with Crippen molar-refractivity contribution in [2.24, 2.45) is 46.3 Å². The highest BCUT2D eigenvalue weighted by Gasteiger charge is 2.62. The average molecular weight is 556 g/mol. The van der Waals surface area contributed by atoms with Gasteiger partial charge in [0.1, 0.15) is 11.8 Å². The first-order valence-electron chi connectivity index (χ1n) is 15.6. The molecule has 0 aliphatic heterocycles. The van der Waals surface area contributed by atoms with Crippen molar-refractivity contribution in [1.29, 1.82) is 0 Å². The molecule has 0 aromatic heterocycles. The number of hydrogen-bond donors (Lipinski definition) is 5. The molecule has 0 radical (unpaired) electrons. The number of fused-ring (bicyclic) bond motifs is 5. The van der Waals surface area contributed by atoms with E-state index in [0.717, 1.165) is 63.4 Å². The quantitative estimate of drug-likeness (QED) is 0.310. The fourth-order valence-corrected chi connectivity index (χ4v) is 10.1. The lowest BCUT2D eigenvalue weighted by Crippen LogP contribution is -2.58. The summed E-state index contributed by atoms with van der Waals surface area (Å²) in [5.74, 6) is 1.41. The molecule has 11 atom stereocenters. The molecular weight excluding hydrogens is 506 g/mol. The maximum atomic E-state index is 12.8. The van der Waals surface area contributed by atoms with E-state index < -0.39 is 12.0 Å². The van der Waals surface area contributed by atoms with Crippen LogP contribution >= 0.6 is 0 Å². The Morgan fingerprint density at radius 2 is 1.65 bits per heavy atom. The Bertz CT molecular complexity index is 1080. The zero-order valence-electron chi connectivity index (χ0n) is 24.4. The minimum absolute atomic E-state index is 0.121. The van der Waals surface area contributed by atoms with E-state index in [4.69, 9.17) is 0 Å². The van der Waals surface area contributed by atoms with Crippen molar-refractivity contribution < 1.29 is 30.0 Å². The lowest BCUT2D eigenvalue weighted by atomic mass is 9.43. The molecule has 5 N–H and O–H groups in total. The molecule has 0 unspecified atom stereocenters. The SMILES string of the molecule is C[C@H](CCC(=O)N[C@@H](Cc1ccc(O)cc1)C(=O)O)[C@H]1CC[C@H]2[C@@H]3[C@@H](O)C[C@@H]4C[C@H](O)CC[C@]4(C)[C@H]3CC[C@]12C. The summed E-state index contributed by atoms with van der Waals surface area (Å²) in [5.41, 5.74) is 1.11. The predicted molar refractivity (Wildman–Crippen MR) is 152 cm³/mol. The van der Waals surface area contributed by atoms with E-state index in [2.05, 4.69) is 26.1 Å². The van der Waals surface area contributed by atoms with Crippen molar-refractivity contribution >= 4 is 11.9 Å². The summed E-state index contributed by atoms with van der Waals surface area (Å²) < 4.78 is 0. The number of rotatable bonds is 8. The molecule has 0 bridgehead atoms. The molecule has 4 aliphatic rings. The topological polar surface area (TPSA) is 127 Å². The Morgan fingerprint density at radius 1 is 0.975 bits per heavy atom. The second-order valence-electron chi connectivity index (χ2n) is 14.3. The maximum absolute atomic E-state index is 12.8. The molecule has 0 heterocycles. The second-order valence-corrected chi connectivity index (χ2v) is 14.3. The van der Waals surface area contributed by atoms with Crippen molar-refractivity contribution in [3.8, 4) is 5.75 Å². The van der Waals surface area contributed by atoms with Gasteiger partial charge in [0, 0.05) is 12.8 Å². The first kappa shape index (κ1) is 29.4. The van der Waals surface area contributed by atoms with E-state index in [1.165, 1.54) is 12.1 Å². The molecule has 4 aliphatic carbocycles. The standard InChI is InChI=1S/C33H49NO6/c1-19(4-11-29(38)34-27(31(39)40)16-20-5-7-22(35)8-6-20)24-9-10-25-30-26(13-15-33(24,25)3)32(2)14-12-23(36)17-21(32)18-28(30)37/h5-8,19,21,23-28,30,35-37H,4,9-18H2,1-3H3,(H,34,38)(H,39,40)/t19-,21+,23-,24-,25+,26+,27+,28+,30+,32+,33-/m1/s1. The van der Waals surface area contributed by atoms with E-state index in [0.29, 0.717) is 41.9 Å². The van der Waals surface area contributed by atoms with Crippen LogP contribution in [-0.4, -0.2) is 50.6 Å². The van der Waals surface area contributed by atoms with Crippen LogP contribution in [0.4, 0.5) is 0 Å². The third-order valence-corrected chi connectivity index (χ3v) is 12.3. The van der Waals surface area contributed by atoms with Crippen LogP contribution in [-0.2, 0) is 16.0 Å². The third-order valence-electron chi connectivity index (χ3n) is 12.3. The van der Waals surface area contributed by atoms with Crippen LogP contribution in [0.3, 0.4) is 0 Å². The number of benzene rings is 1. The zero-order valence-corrected chi connectivity index (χ0v) is 24.4. The van der Waals surface area contributed by atoms with Gasteiger partial charge < -0.3 is 25.7 Å². The largest absolute Gasteiger partial charge is 0.508 e. The number of hydrogen-bond acceptors (Lipinski definition) is 5. The molecule has 0 spiro atoms. The van der Waals surface area contributed by atoms with Gasteiger partial charge in [-0.05, 0) is 122 Å². The van der Waals surface area contributed by atoms with Gasteiger partial charge >= 0.3 is 5.97 Å². The molecule has 1 aromatic carbocycles. The first-order valence-corrected chi connectivity index (χ1v) is 15.6. The number of carbonyl (C=O) groups excluding carboxylic acids is 1. The number of aliphatic carboxylic acids is 1. The van der Waals surface area contributed by atoms with Crippen molar-refractivity contribution in [2.45, 2.75) is 110 Å². The van der Waals surface area contributed by atoms with Gasteiger partial charge in [0.25, 0.3) is 0 Å². The maximum Gasteiger partial charge on any atom is 0.326 e. The number of phenols is 1. The van der Waals surface area contributed by atoms with E-state index in [9.17, 15) is 30.0 Å². The van der Waals surface area contributed by atoms with Crippen LogP contribution in [0.15, 0.2) is 24.3 Å². The van der Waals surface area contributed by atoms with Crippen molar-refractivity contribution in [2.75, 3.05) is 0 Å². The molecule has 0 saturated heterocycles. The van der Waals surface area contributed by atoms with Crippen molar-refractivity contribution in [3.63, 3.8) is 0 Å². The van der Waals surface area contributed by atoms with Crippen LogP contribution in [0.5, 0.6) is 5.75 Å². The van der Waals surface area contributed by atoms with Gasteiger partial charge in [-0.3, -0.25) is 4.79 Å². The van der Waals surface area contributed by atoms with Gasteiger partial charge in [-0.1, -0.05) is 32.9 Å². The third kappa shape index (κ3) is 5.40. The number of carboxylic acids is 1. The van der Waals surface area contributed by atoms with Crippen LogP contribution in [0.25, 0.3) is 0 Å². The number of carboxylic acid groups (broad SMARTS) is 1. The smallest absolute Gasteiger partial charge is 0.326 e. The highest BCUT2D eigenvalue weighted by atomic mass is 16.4. The van der Waals surface area contributed by atoms with Crippen LogP contribution < -0.4 is 5.32 Å². The Kier molecular flexibility index (Phi) is 8.28. The van der Waals surface area contributed by atoms with Gasteiger partial charge in [0.2, 0.25) is 5.91 Å². The van der Waals surface area contributed by atoms with Gasteiger partial charge in [-0.15, -0.1) is 0 Å². The van der Waals surface area contributed by atoms with Crippen LogP contribution in [0.2, 0.25) is 0 Å². The summed E-state index contributed by atoms with van der Waals surface area (Å²) in [7, 11) is 0. The normalized spacial score (nSPS) is 40.3. The molecule has 222 valence electrons. The molecule has 4 fully saturated rings. The summed E-state index contributed by atoms with van der Waals surface area (Å²) in [5, 5.41) is 43.7. The summed E-state index contributed by atoms with van der Waals surface area (Å²) in [6.45, 7) is 7.13. The Labute approximate surface area is 238 Å². The van der Waals surface area contributed by atoms with Crippen molar-refractivity contribution in [3.05, 3.63) is 29.8 Å². The Hall–Kier alpha value is -2.12. The monoisotopic (exact) mass is 555 g/mol. The van der Waals surface area contributed by atoms with Crippen LogP contribution in [0.1, 0.15) is 90.5 Å². The van der Waals surface area contributed by atoms with Gasteiger partial charge in [-0.2, -0.15) is 0 Å². The molecule has 40 heavy (non-hydrogen) atoms. The number of phenolic OH excluding ortho intramolecular Hbond substituents is 1. The van der Waals surface area contributed by atoms with Crippen molar-refractivity contribution in [1.82, 2.24) is 5.32 Å². The van der Waals surface area contributed by atoms with Crippen LogP contribution in [0, 0.1) is 46.3 Å². The van der Waals surface area contributed by atoms with Gasteiger partial charge in [0.15, 0.2) is 0 Å². The molecule has 5 rings (SSSR count). The van der Waals surface area contributed by atoms with E-state index in [1.54, 1.807) is 12.1 Å². The minimum atomic E-state index is -1.06. The van der Waals surface area contributed by atoms with E-state index in [1.807, 2.05) is 0 Å². The van der Waals surface area contributed by atoms with E-state index >= 15 is 0 Å². The summed E-state index contributed by atoms with van der Waals surface area (Å²) in [6.07, 6.45) is 8.82.